The number of hydrogen-bond donors (Lipinski definition) is 0. The molecule has 0 fully saturated rings. The van der Waals surface area contributed by atoms with Gasteiger partial charge in [-0.25, -0.2) is 0 Å². The topological polar surface area (TPSA) is 9.72 Å². The van der Waals surface area contributed by atoms with Crippen LogP contribution in [0.5, 0.6) is 0 Å². The van der Waals surface area contributed by atoms with Gasteiger partial charge >= 0.3 is 0 Å². The molecule has 16 rings (SSSR count). The van der Waals surface area contributed by atoms with E-state index in [0.29, 0.717) is 0 Å². The van der Waals surface area contributed by atoms with E-state index in [-0.39, 0.29) is 5.92 Å². The zero-order valence-corrected chi connectivity index (χ0v) is 45.6. The van der Waals surface area contributed by atoms with Gasteiger partial charge in [-0.2, -0.15) is 0 Å². The van der Waals surface area contributed by atoms with Crippen LogP contribution in [-0.2, 0) is 6.42 Å². The molecule has 0 aromatic heterocycles. The first kappa shape index (κ1) is 48.2. The monoisotopic (exact) mass is 1060 g/mol. The molecule has 3 heteroatoms. The quantitative estimate of drug-likeness (QED) is 0.143. The van der Waals surface area contributed by atoms with Crippen LogP contribution in [0.2, 0.25) is 0 Å². The molecule has 13 aromatic carbocycles. The zero-order valence-electron chi connectivity index (χ0n) is 45.6. The van der Waals surface area contributed by atoms with E-state index in [9.17, 15) is 0 Å². The van der Waals surface area contributed by atoms with Gasteiger partial charge in [0.25, 0.3) is 0 Å². The second kappa shape index (κ2) is 20.1. The number of para-hydroxylation sites is 2. The highest BCUT2D eigenvalue weighted by Crippen LogP contribution is 2.67. The molecule has 3 aliphatic rings. The van der Waals surface area contributed by atoms with Crippen molar-refractivity contribution in [2.75, 3.05) is 14.7 Å². The predicted octanol–water partition coefficient (Wildman–Crippen LogP) is 21.8. The minimum Gasteiger partial charge on any atom is -0.305 e. The van der Waals surface area contributed by atoms with E-state index in [1.807, 2.05) is 0 Å². The molecule has 2 aliphatic heterocycles. The first-order valence-electron chi connectivity index (χ1n) is 28.8. The summed E-state index contributed by atoms with van der Waals surface area (Å²) in [7, 11) is 0. The zero-order chi connectivity index (χ0) is 54.8. The largest absolute Gasteiger partial charge is 0.305 e. The third-order valence-electron chi connectivity index (χ3n) is 17.2. The maximum Gasteiger partial charge on any atom is 0.0948 e. The number of fused-ring (bicyclic) bond motifs is 6. The third kappa shape index (κ3) is 8.11. The van der Waals surface area contributed by atoms with Crippen LogP contribution in [0, 0.1) is 0 Å². The average Bonchev–Trinajstić information content (AvgIpc) is 2.71. The maximum absolute atomic E-state index is 2.64. The lowest BCUT2D eigenvalue weighted by Gasteiger charge is -2.49. The SMILES string of the molecule is c1ccc(-c2ccc3c(c2)N2c4cc(-c5ccccc5)ccc4N(c4c(-c5ccccc5)cccc4-c4ccccc4)c4cc(C5c6ccccc6Cc6ccccc65)cc(c42)N3c2c(-c3ccccc3)cccc2-c2ccccc2)cc1. The van der Waals surface area contributed by atoms with Gasteiger partial charge in [0.2, 0.25) is 0 Å². The van der Waals surface area contributed by atoms with E-state index < -0.39 is 0 Å². The van der Waals surface area contributed by atoms with E-state index in [2.05, 4.69) is 330 Å². The second-order valence-corrected chi connectivity index (χ2v) is 21.9. The van der Waals surface area contributed by atoms with Gasteiger partial charge in [0.05, 0.1) is 51.2 Å². The Labute approximate surface area is 485 Å². The summed E-state index contributed by atoms with van der Waals surface area (Å²) in [5.74, 6) is -0.0746. The summed E-state index contributed by atoms with van der Waals surface area (Å²) in [6.45, 7) is 0. The van der Waals surface area contributed by atoms with Crippen molar-refractivity contribution in [1.82, 2.24) is 0 Å². The molecule has 83 heavy (non-hydrogen) atoms. The summed E-state index contributed by atoms with van der Waals surface area (Å²) < 4.78 is 0. The van der Waals surface area contributed by atoms with Gasteiger partial charge in [-0.05, 0) is 115 Å². The first-order chi connectivity index (χ1) is 41.2. The normalized spacial score (nSPS) is 12.9. The van der Waals surface area contributed by atoms with E-state index >= 15 is 0 Å². The fourth-order valence-electron chi connectivity index (χ4n) is 13.5. The molecule has 13 aromatic rings. The van der Waals surface area contributed by atoms with Gasteiger partial charge in [0.1, 0.15) is 0 Å². The molecular formula is C80H55N3. The van der Waals surface area contributed by atoms with Crippen molar-refractivity contribution in [2.24, 2.45) is 0 Å². The van der Waals surface area contributed by atoms with Crippen LogP contribution in [0.3, 0.4) is 0 Å². The lowest BCUT2D eigenvalue weighted by atomic mass is 9.74. The average molecular weight is 1060 g/mol. The van der Waals surface area contributed by atoms with Crippen LogP contribution in [0.25, 0.3) is 66.8 Å². The molecule has 3 nitrogen and oxygen atoms in total. The Kier molecular flexibility index (Phi) is 11.7. The molecule has 0 N–H and O–H groups in total. The predicted molar refractivity (Wildman–Crippen MR) is 347 cm³/mol. The molecule has 0 unspecified atom stereocenters. The lowest BCUT2D eigenvalue weighted by molar-refractivity contribution is 0.884. The standard InChI is InChI=1S/C80H55N3/c1-7-25-54(26-8-1)60-45-47-71-73(50-60)83-74-51-61(55-27-9-2-10-28-55)46-48-72(74)82(79-69(58-33-15-5-16-34-58)43-24-44-70(79)59-35-17-6-18-36-59)76-53-64(77-65-39-21-19-37-62(65)49-63-38-20-22-40-66(63)77)52-75(80(76)83)81(71)78-67(56-29-11-3-12-30-56)41-23-42-68(78)57-31-13-4-14-32-57/h1-48,50-53,77H,49H2. The molecule has 0 atom stereocenters. The Hall–Kier alpha value is -10.7. The maximum atomic E-state index is 2.64. The van der Waals surface area contributed by atoms with Crippen LogP contribution in [0.15, 0.2) is 315 Å². The van der Waals surface area contributed by atoms with Crippen molar-refractivity contribution in [2.45, 2.75) is 12.3 Å². The molecule has 0 amide bonds. The lowest BCUT2D eigenvalue weighted by Crippen LogP contribution is -2.31. The highest BCUT2D eigenvalue weighted by atomic mass is 15.3. The Balaban J connectivity index is 1.10. The fourth-order valence-corrected chi connectivity index (χ4v) is 13.5. The summed E-state index contributed by atoms with van der Waals surface area (Å²) in [6, 6.07) is 117. The van der Waals surface area contributed by atoms with E-state index in [4.69, 9.17) is 0 Å². The van der Waals surface area contributed by atoms with E-state index in [1.165, 1.54) is 27.8 Å². The number of hydrogen-bond acceptors (Lipinski definition) is 3. The van der Waals surface area contributed by atoms with Crippen molar-refractivity contribution >= 4 is 51.2 Å². The summed E-state index contributed by atoms with van der Waals surface area (Å²) in [6.07, 6.45) is 0.886. The smallest absolute Gasteiger partial charge is 0.0948 e. The van der Waals surface area contributed by atoms with Gasteiger partial charge in [-0.3, -0.25) is 0 Å². The van der Waals surface area contributed by atoms with E-state index in [1.54, 1.807) is 0 Å². The molecule has 0 saturated heterocycles. The van der Waals surface area contributed by atoms with Gasteiger partial charge in [0.15, 0.2) is 0 Å². The van der Waals surface area contributed by atoms with Crippen LogP contribution in [0.4, 0.5) is 51.2 Å². The molecule has 0 bridgehead atoms. The van der Waals surface area contributed by atoms with Crippen LogP contribution in [0.1, 0.15) is 33.7 Å². The first-order valence-corrected chi connectivity index (χ1v) is 28.8. The third-order valence-corrected chi connectivity index (χ3v) is 17.2. The van der Waals surface area contributed by atoms with Crippen LogP contribution < -0.4 is 14.7 Å². The summed E-state index contributed by atoms with van der Waals surface area (Å²) in [4.78, 5) is 7.90. The molecular weight excluding hydrogens is 1000 g/mol. The minimum absolute atomic E-state index is 0.0746. The number of nitrogens with zero attached hydrogens (tertiary/aromatic N) is 3. The Morgan fingerprint density at radius 2 is 0.530 bits per heavy atom. The second-order valence-electron chi connectivity index (χ2n) is 21.9. The molecule has 2 heterocycles. The highest BCUT2D eigenvalue weighted by molar-refractivity contribution is 6.17. The highest BCUT2D eigenvalue weighted by Gasteiger charge is 2.43. The van der Waals surface area contributed by atoms with Gasteiger partial charge < -0.3 is 14.7 Å². The van der Waals surface area contributed by atoms with Gasteiger partial charge in [-0.15, -0.1) is 0 Å². The summed E-state index contributed by atoms with van der Waals surface area (Å²) in [5, 5.41) is 0. The molecule has 0 radical (unpaired) electrons. The van der Waals surface area contributed by atoms with Crippen molar-refractivity contribution in [3.8, 4) is 66.8 Å². The van der Waals surface area contributed by atoms with Crippen molar-refractivity contribution in [1.29, 1.82) is 0 Å². The Morgan fingerprint density at radius 1 is 0.217 bits per heavy atom. The Morgan fingerprint density at radius 3 is 0.892 bits per heavy atom. The van der Waals surface area contributed by atoms with E-state index in [0.717, 1.165) is 124 Å². The fraction of sp³-hybridized carbons (Fsp3) is 0.0250. The van der Waals surface area contributed by atoms with Crippen LogP contribution >= 0.6 is 0 Å². The summed E-state index contributed by atoms with van der Waals surface area (Å²) in [5.41, 5.74) is 30.3. The molecule has 0 spiro atoms. The number of rotatable bonds is 9. The number of benzene rings is 13. The van der Waals surface area contributed by atoms with Gasteiger partial charge in [0, 0.05) is 28.2 Å². The van der Waals surface area contributed by atoms with Crippen molar-refractivity contribution in [3.05, 3.63) is 343 Å². The minimum atomic E-state index is -0.0746. The van der Waals surface area contributed by atoms with Crippen molar-refractivity contribution in [3.63, 3.8) is 0 Å². The Bertz CT molecular complexity index is 4170. The van der Waals surface area contributed by atoms with Crippen molar-refractivity contribution < 1.29 is 0 Å². The molecule has 1 aliphatic carbocycles. The molecule has 390 valence electrons. The molecule has 0 saturated carbocycles. The summed E-state index contributed by atoms with van der Waals surface area (Å²) >= 11 is 0. The van der Waals surface area contributed by atoms with Crippen LogP contribution in [-0.4, -0.2) is 0 Å². The van der Waals surface area contributed by atoms with Gasteiger partial charge in [-0.1, -0.05) is 279 Å². The number of anilines is 9.